The van der Waals surface area contributed by atoms with E-state index in [9.17, 15) is 10.1 Å². The largest absolute Gasteiger partial charge is 0.395 e. The molecule has 6 nitrogen and oxygen atoms in total. The lowest BCUT2D eigenvalue weighted by molar-refractivity contribution is -0.384. The van der Waals surface area contributed by atoms with Crippen LogP contribution in [0.5, 0.6) is 0 Å². The number of hydrogen-bond acceptors (Lipinski definition) is 5. The van der Waals surface area contributed by atoms with Gasteiger partial charge in [0.25, 0.3) is 5.69 Å². The molecule has 0 aromatic heterocycles. The minimum atomic E-state index is -0.417. The van der Waals surface area contributed by atoms with Gasteiger partial charge in [0.05, 0.1) is 11.5 Å². The standard InChI is InChI=1S/C10H15N3O3/c1-12(2)9-4-3-8(11-5-6-14)7-10(9)13(15)16/h3-4,7,11,14H,5-6H2,1-2H3. The van der Waals surface area contributed by atoms with E-state index in [1.165, 1.54) is 6.07 Å². The number of nitrogens with one attached hydrogen (secondary N) is 1. The zero-order valence-corrected chi connectivity index (χ0v) is 9.30. The molecule has 0 saturated heterocycles. The highest BCUT2D eigenvalue weighted by Crippen LogP contribution is 2.29. The molecular formula is C10H15N3O3. The molecule has 0 aliphatic heterocycles. The minimum Gasteiger partial charge on any atom is -0.395 e. The molecule has 0 amide bonds. The van der Waals surface area contributed by atoms with Gasteiger partial charge in [0.1, 0.15) is 5.69 Å². The summed E-state index contributed by atoms with van der Waals surface area (Å²) < 4.78 is 0. The lowest BCUT2D eigenvalue weighted by Crippen LogP contribution is -2.12. The van der Waals surface area contributed by atoms with Gasteiger partial charge in [0.15, 0.2) is 0 Å². The number of rotatable bonds is 5. The molecule has 0 heterocycles. The molecule has 0 aliphatic carbocycles. The van der Waals surface area contributed by atoms with E-state index in [0.717, 1.165) is 0 Å². The molecule has 0 radical (unpaired) electrons. The molecule has 6 heteroatoms. The van der Waals surface area contributed by atoms with Gasteiger partial charge in [-0.05, 0) is 12.1 Å². The molecule has 0 bridgehead atoms. The third kappa shape index (κ3) is 2.83. The summed E-state index contributed by atoms with van der Waals surface area (Å²) in [5.74, 6) is 0. The fourth-order valence-electron chi connectivity index (χ4n) is 1.36. The zero-order chi connectivity index (χ0) is 12.1. The predicted molar refractivity (Wildman–Crippen MR) is 63.0 cm³/mol. The molecule has 0 fully saturated rings. The monoisotopic (exact) mass is 225 g/mol. The van der Waals surface area contributed by atoms with Gasteiger partial charge in [-0.2, -0.15) is 0 Å². The second-order valence-corrected chi connectivity index (χ2v) is 3.51. The predicted octanol–water partition coefficient (Wildman–Crippen LogP) is 1.06. The number of nitro groups is 1. The van der Waals surface area contributed by atoms with Gasteiger partial charge in [-0.25, -0.2) is 0 Å². The third-order valence-corrected chi connectivity index (χ3v) is 2.09. The maximum atomic E-state index is 10.9. The first-order valence-corrected chi connectivity index (χ1v) is 4.86. The number of aliphatic hydroxyl groups is 1. The Labute approximate surface area is 93.6 Å². The molecule has 0 atom stereocenters. The molecule has 0 saturated carbocycles. The molecule has 2 N–H and O–H groups in total. The lowest BCUT2D eigenvalue weighted by Gasteiger charge is -2.13. The summed E-state index contributed by atoms with van der Waals surface area (Å²) >= 11 is 0. The zero-order valence-electron chi connectivity index (χ0n) is 9.30. The SMILES string of the molecule is CN(C)c1ccc(NCCO)cc1[N+](=O)[O-]. The topological polar surface area (TPSA) is 78.6 Å². The van der Waals surface area contributed by atoms with E-state index in [1.54, 1.807) is 31.1 Å². The fraction of sp³-hybridized carbons (Fsp3) is 0.400. The van der Waals surface area contributed by atoms with Crippen LogP contribution in [0.25, 0.3) is 0 Å². The van der Waals surface area contributed by atoms with Crippen LogP contribution in [-0.2, 0) is 0 Å². The maximum Gasteiger partial charge on any atom is 0.294 e. The summed E-state index contributed by atoms with van der Waals surface area (Å²) in [6.45, 7) is 0.363. The Morgan fingerprint density at radius 2 is 2.19 bits per heavy atom. The Kier molecular flexibility index (Phi) is 4.07. The molecule has 1 aromatic rings. The minimum absolute atomic E-state index is 0.0107. The number of hydrogen-bond donors (Lipinski definition) is 2. The first-order chi connectivity index (χ1) is 7.56. The highest BCUT2D eigenvalue weighted by atomic mass is 16.6. The summed E-state index contributed by atoms with van der Waals surface area (Å²) in [7, 11) is 3.51. The molecule has 0 aliphatic rings. The molecule has 88 valence electrons. The van der Waals surface area contributed by atoms with Crippen LogP contribution in [0.1, 0.15) is 0 Å². The van der Waals surface area contributed by atoms with Crippen molar-refractivity contribution >= 4 is 17.1 Å². The van der Waals surface area contributed by atoms with E-state index in [1.807, 2.05) is 0 Å². The van der Waals surface area contributed by atoms with Crippen molar-refractivity contribution in [3.63, 3.8) is 0 Å². The van der Waals surface area contributed by atoms with Crippen molar-refractivity contribution in [3.8, 4) is 0 Å². The van der Waals surface area contributed by atoms with Crippen molar-refractivity contribution in [3.05, 3.63) is 28.3 Å². The smallest absolute Gasteiger partial charge is 0.294 e. The maximum absolute atomic E-state index is 10.9. The van der Waals surface area contributed by atoms with E-state index >= 15 is 0 Å². The van der Waals surface area contributed by atoms with Gasteiger partial charge in [-0.1, -0.05) is 0 Å². The van der Waals surface area contributed by atoms with Crippen molar-refractivity contribution in [1.82, 2.24) is 0 Å². The van der Waals surface area contributed by atoms with Gasteiger partial charge in [-0.15, -0.1) is 0 Å². The highest BCUT2D eigenvalue weighted by Gasteiger charge is 2.15. The van der Waals surface area contributed by atoms with Gasteiger partial charge in [0.2, 0.25) is 0 Å². The van der Waals surface area contributed by atoms with E-state index < -0.39 is 4.92 Å². The number of nitro benzene ring substituents is 1. The Hall–Kier alpha value is -1.82. The van der Waals surface area contributed by atoms with Crippen LogP contribution < -0.4 is 10.2 Å². The second kappa shape index (κ2) is 5.32. The normalized spacial score (nSPS) is 9.94. The van der Waals surface area contributed by atoms with E-state index in [4.69, 9.17) is 5.11 Å². The van der Waals surface area contributed by atoms with Gasteiger partial charge in [0, 0.05) is 32.4 Å². The fourth-order valence-corrected chi connectivity index (χ4v) is 1.36. The lowest BCUT2D eigenvalue weighted by atomic mass is 10.2. The summed E-state index contributed by atoms with van der Waals surface area (Å²) in [6.07, 6.45) is 0. The van der Waals surface area contributed by atoms with E-state index in [0.29, 0.717) is 17.9 Å². The molecule has 1 aromatic carbocycles. The molecule has 0 spiro atoms. The van der Waals surface area contributed by atoms with E-state index in [2.05, 4.69) is 5.32 Å². The molecular weight excluding hydrogens is 210 g/mol. The van der Waals surface area contributed by atoms with Crippen LogP contribution >= 0.6 is 0 Å². The molecule has 0 unspecified atom stereocenters. The van der Waals surface area contributed by atoms with Gasteiger partial charge in [-0.3, -0.25) is 10.1 Å². The number of benzene rings is 1. The summed E-state index contributed by atoms with van der Waals surface area (Å²) in [4.78, 5) is 12.1. The van der Waals surface area contributed by atoms with Crippen molar-refractivity contribution in [1.29, 1.82) is 0 Å². The van der Waals surface area contributed by atoms with E-state index in [-0.39, 0.29) is 12.3 Å². The van der Waals surface area contributed by atoms with Crippen molar-refractivity contribution in [2.24, 2.45) is 0 Å². The number of aliphatic hydroxyl groups excluding tert-OH is 1. The average Bonchev–Trinajstić information content (AvgIpc) is 2.25. The first-order valence-electron chi connectivity index (χ1n) is 4.86. The third-order valence-electron chi connectivity index (χ3n) is 2.09. The second-order valence-electron chi connectivity index (χ2n) is 3.51. The molecule has 1 rings (SSSR count). The Morgan fingerprint density at radius 3 is 2.69 bits per heavy atom. The number of nitrogens with zero attached hydrogens (tertiary/aromatic N) is 2. The summed E-state index contributed by atoms with van der Waals surface area (Å²) in [5.41, 5.74) is 1.24. The summed E-state index contributed by atoms with van der Waals surface area (Å²) in [5, 5.41) is 22.4. The van der Waals surface area contributed by atoms with Gasteiger partial charge >= 0.3 is 0 Å². The Morgan fingerprint density at radius 1 is 1.50 bits per heavy atom. The summed E-state index contributed by atoms with van der Waals surface area (Å²) in [6, 6.07) is 4.89. The highest BCUT2D eigenvalue weighted by molar-refractivity contribution is 5.68. The Bertz CT molecular complexity index is 380. The van der Waals surface area contributed by atoms with Crippen molar-refractivity contribution < 1.29 is 10.0 Å². The van der Waals surface area contributed by atoms with Crippen LogP contribution in [0.2, 0.25) is 0 Å². The first kappa shape index (κ1) is 12.3. The molecule has 16 heavy (non-hydrogen) atoms. The van der Waals surface area contributed by atoms with Crippen LogP contribution in [0.4, 0.5) is 17.1 Å². The Balaban J connectivity index is 3.03. The average molecular weight is 225 g/mol. The van der Waals surface area contributed by atoms with Crippen molar-refractivity contribution in [2.45, 2.75) is 0 Å². The van der Waals surface area contributed by atoms with Crippen molar-refractivity contribution in [2.75, 3.05) is 37.5 Å². The van der Waals surface area contributed by atoms with Gasteiger partial charge < -0.3 is 15.3 Å². The number of anilines is 2. The van der Waals surface area contributed by atoms with Crippen LogP contribution in [0.15, 0.2) is 18.2 Å². The quantitative estimate of drug-likeness (QED) is 0.578. The van der Waals surface area contributed by atoms with Crippen LogP contribution in [0, 0.1) is 10.1 Å². The van der Waals surface area contributed by atoms with Crippen LogP contribution in [0.3, 0.4) is 0 Å². The van der Waals surface area contributed by atoms with Crippen LogP contribution in [-0.4, -0.2) is 37.3 Å².